The van der Waals surface area contributed by atoms with Gasteiger partial charge in [0.2, 0.25) is 0 Å². The predicted molar refractivity (Wildman–Crippen MR) is 98.8 cm³/mol. The summed E-state index contributed by atoms with van der Waals surface area (Å²) in [7, 11) is 3.86. The van der Waals surface area contributed by atoms with Crippen LogP contribution < -0.4 is 5.32 Å². The van der Waals surface area contributed by atoms with Crippen molar-refractivity contribution in [1.82, 2.24) is 24.8 Å². The summed E-state index contributed by atoms with van der Waals surface area (Å²) >= 11 is 0. The smallest absolute Gasteiger partial charge is 0.193 e. The lowest BCUT2D eigenvalue weighted by Gasteiger charge is -2.22. The largest absolute Gasteiger partial charge is 0.379 e. The maximum absolute atomic E-state index is 5.70. The first-order valence-electron chi connectivity index (χ1n) is 9.06. The van der Waals surface area contributed by atoms with Crippen LogP contribution in [-0.4, -0.2) is 65.9 Å². The number of fused-ring (bicyclic) bond motifs is 1. The number of guanidine groups is 1. The Balaban J connectivity index is 1.36. The molecule has 0 unspecified atom stereocenters. The monoisotopic (exact) mass is 344 g/mol. The molecule has 2 aromatic heterocycles. The lowest BCUT2D eigenvalue weighted by atomic mass is 10.3. The van der Waals surface area contributed by atoms with E-state index < -0.39 is 0 Å². The van der Waals surface area contributed by atoms with Gasteiger partial charge < -0.3 is 15.0 Å². The summed E-state index contributed by atoms with van der Waals surface area (Å²) in [6, 6.07) is 5.95. The van der Waals surface area contributed by atoms with Crippen molar-refractivity contribution in [2.24, 2.45) is 10.9 Å². The van der Waals surface area contributed by atoms with Crippen LogP contribution in [0.1, 0.15) is 25.1 Å². The summed E-state index contributed by atoms with van der Waals surface area (Å²) in [4.78, 5) is 6.45. The van der Waals surface area contributed by atoms with Gasteiger partial charge in [-0.1, -0.05) is 6.07 Å². The van der Waals surface area contributed by atoms with Crippen molar-refractivity contribution in [2.75, 3.05) is 40.4 Å². The Bertz CT molecular complexity index is 694. The average molecular weight is 344 g/mol. The highest BCUT2D eigenvalue weighted by molar-refractivity contribution is 5.79. The van der Waals surface area contributed by atoms with E-state index in [-0.39, 0.29) is 0 Å². The van der Waals surface area contributed by atoms with Gasteiger partial charge in [-0.3, -0.25) is 9.39 Å². The SMILES string of the molecule is CN=C(NCCCc1nnc2ccccn12)N(C)CCOCC1CC1. The molecule has 7 nitrogen and oxygen atoms in total. The van der Waals surface area contributed by atoms with E-state index in [0.717, 1.165) is 62.5 Å². The van der Waals surface area contributed by atoms with E-state index in [2.05, 4.69) is 25.4 Å². The highest BCUT2D eigenvalue weighted by atomic mass is 16.5. The predicted octanol–water partition coefficient (Wildman–Crippen LogP) is 1.60. The number of rotatable bonds is 9. The second-order valence-corrected chi connectivity index (χ2v) is 6.56. The van der Waals surface area contributed by atoms with Crippen LogP contribution in [0, 0.1) is 5.92 Å². The number of aromatic nitrogens is 3. The molecule has 7 heteroatoms. The van der Waals surface area contributed by atoms with Crippen molar-refractivity contribution >= 4 is 11.6 Å². The molecule has 0 aliphatic heterocycles. The van der Waals surface area contributed by atoms with Gasteiger partial charge in [0.25, 0.3) is 0 Å². The summed E-state index contributed by atoms with van der Waals surface area (Å²) in [6.07, 6.45) is 6.53. The molecule has 0 atom stereocenters. The van der Waals surface area contributed by atoms with Crippen molar-refractivity contribution < 1.29 is 4.74 Å². The van der Waals surface area contributed by atoms with Crippen LogP contribution in [-0.2, 0) is 11.2 Å². The molecule has 0 bridgehead atoms. The van der Waals surface area contributed by atoms with Crippen LogP contribution in [0.4, 0.5) is 0 Å². The summed E-state index contributed by atoms with van der Waals surface area (Å²) in [5.74, 6) is 2.71. The quantitative estimate of drug-likeness (QED) is 0.425. The molecule has 1 aliphatic carbocycles. The van der Waals surface area contributed by atoms with E-state index in [9.17, 15) is 0 Å². The fourth-order valence-corrected chi connectivity index (χ4v) is 2.73. The van der Waals surface area contributed by atoms with Crippen molar-refractivity contribution in [3.8, 4) is 0 Å². The average Bonchev–Trinajstić information content (AvgIpc) is 3.37. The lowest BCUT2D eigenvalue weighted by Crippen LogP contribution is -2.41. The molecular weight excluding hydrogens is 316 g/mol. The Kier molecular flexibility index (Phi) is 6.22. The van der Waals surface area contributed by atoms with Crippen LogP contribution in [0.15, 0.2) is 29.4 Å². The third kappa shape index (κ3) is 5.16. The van der Waals surface area contributed by atoms with Gasteiger partial charge >= 0.3 is 0 Å². The molecule has 0 aromatic carbocycles. The maximum Gasteiger partial charge on any atom is 0.193 e. The third-order valence-corrected chi connectivity index (χ3v) is 4.44. The number of hydrogen-bond donors (Lipinski definition) is 1. The van der Waals surface area contributed by atoms with Crippen molar-refractivity contribution in [3.63, 3.8) is 0 Å². The molecule has 0 amide bonds. The summed E-state index contributed by atoms with van der Waals surface area (Å²) in [5.41, 5.74) is 0.896. The molecule has 1 saturated carbocycles. The number of pyridine rings is 1. The molecule has 3 rings (SSSR count). The first kappa shape index (κ1) is 17.7. The van der Waals surface area contributed by atoms with Crippen LogP contribution >= 0.6 is 0 Å². The Morgan fingerprint density at radius 2 is 2.28 bits per heavy atom. The zero-order valence-corrected chi connectivity index (χ0v) is 15.2. The number of aliphatic imine (C=N–C) groups is 1. The van der Waals surface area contributed by atoms with E-state index in [1.165, 1.54) is 12.8 Å². The molecule has 1 aliphatic rings. The molecular formula is C18H28N6O. The van der Waals surface area contributed by atoms with Gasteiger partial charge in [0, 0.05) is 46.4 Å². The number of likely N-dealkylation sites (N-methyl/N-ethyl adjacent to an activating group) is 1. The summed E-state index contributed by atoms with van der Waals surface area (Å²) < 4.78 is 7.74. The zero-order valence-electron chi connectivity index (χ0n) is 15.2. The molecule has 1 fully saturated rings. The fraction of sp³-hybridized carbons (Fsp3) is 0.611. The summed E-state index contributed by atoms with van der Waals surface area (Å²) in [6.45, 7) is 3.36. The maximum atomic E-state index is 5.70. The van der Waals surface area contributed by atoms with Crippen molar-refractivity contribution in [2.45, 2.75) is 25.7 Å². The molecule has 136 valence electrons. The molecule has 25 heavy (non-hydrogen) atoms. The molecule has 0 saturated heterocycles. The standard InChI is InChI=1S/C18H28N6O/c1-19-18(23(2)12-13-25-14-15-8-9-15)20-10-5-7-17-22-21-16-6-3-4-11-24(16)17/h3-4,6,11,15H,5,7-10,12-14H2,1-2H3,(H,19,20). The minimum atomic E-state index is 0.749. The van der Waals surface area contributed by atoms with Gasteiger partial charge in [-0.05, 0) is 37.3 Å². The van der Waals surface area contributed by atoms with E-state index in [1.54, 1.807) is 0 Å². The number of aryl methyl sites for hydroxylation is 1. The highest BCUT2D eigenvalue weighted by Crippen LogP contribution is 2.28. The third-order valence-electron chi connectivity index (χ3n) is 4.44. The fourth-order valence-electron chi connectivity index (χ4n) is 2.73. The number of nitrogens with one attached hydrogen (secondary N) is 1. The second kappa shape index (κ2) is 8.80. The van der Waals surface area contributed by atoms with Crippen LogP contribution in [0.2, 0.25) is 0 Å². The van der Waals surface area contributed by atoms with Gasteiger partial charge in [-0.25, -0.2) is 0 Å². The second-order valence-electron chi connectivity index (χ2n) is 6.56. The molecule has 0 radical (unpaired) electrons. The molecule has 2 aromatic rings. The van der Waals surface area contributed by atoms with Gasteiger partial charge in [-0.2, -0.15) is 0 Å². The van der Waals surface area contributed by atoms with Crippen molar-refractivity contribution in [1.29, 1.82) is 0 Å². The first-order chi connectivity index (χ1) is 12.3. The Morgan fingerprint density at radius 1 is 1.40 bits per heavy atom. The van der Waals surface area contributed by atoms with Crippen molar-refractivity contribution in [3.05, 3.63) is 30.2 Å². The Morgan fingerprint density at radius 3 is 3.08 bits per heavy atom. The van der Waals surface area contributed by atoms with Gasteiger partial charge in [0.15, 0.2) is 11.6 Å². The van der Waals surface area contributed by atoms with E-state index in [1.807, 2.05) is 42.9 Å². The zero-order chi connectivity index (χ0) is 17.5. The van der Waals surface area contributed by atoms with Gasteiger partial charge in [-0.15, -0.1) is 10.2 Å². The van der Waals surface area contributed by atoms with Gasteiger partial charge in [0.05, 0.1) is 6.61 Å². The number of hydrogen-bond acceptors (Lipinski definition) is 4. The van der Waals surface area contributed by atoms with Gasteiger partial charge in [0.1, 0.15) is 5.82 Å². The van der Waals surface area contributed by atoms with E-state index in [4.69, 9.17) is 4.74 Å². The molecule has 1 N–H and O–H groups in total. The minimum absolute atomic E-state index is 0.749. The lowest BCUT2D eigenvalue weighted by molar-refractivity contribution is 0.115. The number of nitrogens with zero attached hydrogens (tertiary/aromatic N) is 5. The Labute approximate surface area is 149 Å². The minimum Gasteiger partial charge on any atom is -0.379 e. The van der Waals surface area contributed by atoms with E-state index >= 15 is 0 Å². The molecule has 0 spiro atoms. The highest BCUT2D eigenvalue weighted by Gasteiger charge is 2.21. The van der Waals surface area contributed by atoms with Crippen LogP contribution in [0.5, 0.6) is 0 Å². The van der Waals surface area contributed by atoms with Crippen LogP contribution in [0.3, 0.4) is 0 Å². The van der Waals surface area contributed by atoms with Crippen LogP contribution in [0.25, 0.3) is 5.65 Å². The first-order valence-corrected chi connectivity index (χ1v) is 9.06. The normalized spacial score (nSPS) is 14.9. The topological polar surface area (TPSA) is 67.0 Å². The molecule has 2 heterocycles. The Hall–Kier alpha value is -2.15. The van der Waals surface area contributed by atoms with E-state index in [0.29, 0.717) is 0 Å². The summed E-state index contributed by atoms with van der Waals surface area (Å²) in [5, 5.41) is 11.9. The number of ether oxygens (including phenoxy) is 1.